The van der Waals surface area contributed by atoms with Crippen LogP contribution in [0.4, 0.5) is 19.0 Å². The summed E-state index contributed by atoms with van der Waals surface area (Å²) >= 11 is 6.11. The van der Waals surface area contributed by atoms with Gasteiger partial charge in [-0.05, 0) is 19.8 Å². The maximum atomic E-state index is 12.9. The van der Waals surface area contributed by atoms with Crippen LogP contribution in [0, 0.1) is 12.8 Å². The Labute approximate surface area is 127 Å². The summed E-state index contributed by atoms with van der Waals surface area (Å²) in [5.41, 5.74) is 0.642. The molecule has 0 amide bonds. The summed E-state index contributed by atoms with van der Waals surface area (Å²) in [7, 11) is 0. The fourth-order valence-corrected chi connectivity index (χ4v) is 2.67. The Bertz CT molecular complexity index is 517. The molecule has 1 aromatic rings. The van der Waals surface area contributed by atoms with Crippen molar-refractivity contribution >= 4 is 17.4 Å². The zero-order valence-electron chi connectivity index (χ0n) is 12.3. The van der Waals surface area contributed by atoms with Crippen LogP contribution in [0.15, 0.2) is 0 Å². The number of aromatic nitrogens is 2. The zero-order valence-corrected chi connectivity index (χ0v) is 13.1. The van der Waals surface area contributed by atoms with E-state index in [1.165, 1.54) is 0 Å². The van der Waals surface area contributed by atoms with Gasteiger partial charge in [-0.25, -0.2) is 9.97 Å². The van der Waals surface area contributed by atoms with Gasteiger partial charge in [0.15, 0.2) is 0 Å². The minimum Gasteiger partial charge on any atom is -0.356 e. The molecule has 2 rings (SSSR count). The van der Waals surface area contributed by atoms with Gasteiger partial charge < -0.3 is 4.90 Å². The normalized spacial score (nSPS) is 20.2. The fraction of sp³-hybridized carbons (Fsp3) is 0.714. The first kappa shape index (κ1) is 16.3. The van der Waals surface area contributed by atoms with Gasteiger partial charge in [-0.2, -0.15) is 13.2 Å². The van der Waals surface area contributed by atoms with Gasteiger partial charge in [-0.3, -0.25) is 0 Å². The van der Waals surface area contributed by atoms with E-state index >= 15 is 0 Å². The first-order chi connectivity index (χ1) is 9.70. The van der Waals surface area contributed by atoms with E-state index in [1.807, 2.05) is 13.8 Å². The predicted molar refractivity (Wildman–Crippen MR) is 76.9 cm³/mol. The van der Waals surface area contributed by atoms with Crippen molar-refractivity contribution in [3.05, 3.63) is 16.5 Å². The van der Waals surface area contributed by atoms with Gasteiger partial charge in [-0.15, -0.1) is 0 Å². The molecule has 0 aliphatic carbocycles. The van der Waals surface area contributed by atoms with Gasteiger partial charge in [0, 0.05) is 24.6 Å². The third kappa shape index (κ3) is 3.59. The molecule has 1 fully saturated rings. The minimum atomic E-state index is -4.16. The smallest absolute Gasteiger partial charge is 0.356 e. The molecule has 1 aromatic heterocycles. The predicted octanol–water partition coefficient (Wildman–Crippen LogP) is 4.34. The van der Waals surface area contributed by atoms with Crippen molar-refractivity contribution in [2.24, 2.45) is 5.92 Å². The fourth-order valence-electron chi connectivity index (χ4n) is 2.50. The third-order valence-corrected chi connectivity index (χ3v) is 4.15. The highest BCUT2D eigenvalue weighted by atomic mass is 35.5. The zero-order chi connectivity index (χ0) is 15.8. The molecule has 1 saturated heterocycles. The van der Waals surface area contributed by atoms with Crippen LogP contribution < -0.4 is 4.90 Å². The van der Waals surface area contributed by atoms with Crippen molar-refractivity contribution in [1.82, 2.24) is 9.97 Å². The summed E-state index contributed by atoms with van der Waals surface area (Å²) < 4.78 is 38.8. The van der Waals surface area contributed by atoms with Crippen LogP contribution in [0.25, 0.3) is 0 Å². The molecule has 0 radical (unpaired) electrons. The lowest BCUT2D eigenvalue weighted by molar-refractivity contribution is -0.176. The number of piperidine rings is 1. The lowest BCUT2D eigenvalue weighted by atomic mass is 9.97. The van der Waals surface area contributed by atoms with Crippen LogP contribution in [0.5, 0.6) is 0 Å². The largest absolute Gasteiger partial charge is 0.393 e. The Morgan fingerprint density at radius 1 is 1.29 bits per heavy atom. The SMILES string of the molecule is Cc1c(Cl)nc(C(C)C)nc1N1CCCC(C(F)(F)F)C1. The van der Waals surface area contributed by atoms with Crippen molar-refractivity contribution < 1.29 is 13.2 Å². The van der Waals surface area contributed by atoms with E-state index in [4.69, 9.17) is 11.6 Å². The number of anilines is 1. The van der Waals surface area contributed by atoms with Crippen LogP contribution in [0.3, 0.4) is 0 Å². The molecule has 1 atom stereocenters. The number of alkyl halides is 3. The Kier molecular flexibility index (Phi) is 4.66. The minimum absolute atomic E-state index is 0.0603. The Morgan fingerprint density at radius 2 is 1.95 bits per heavy atom. The summed E-state index contributed by atoms with van der Waals surface area (Å²) in [6.45, 7) is 6.12. The lowest BCUT2D eigenvalue weighted by Crippen LogP contribution is -2.42. The molecule has 0 aromatic carbocycles. The van der Waals surface area contributed by atoms with Gasteiger partial charge in [0.1, 0.15) is 16.8 Å². The molecule has 0 spiro atoms. The van der Waals surface area contributed by atoms with Crippen molar-refractivity contribution in [2.45, 2.75) is 45.7 Å². The lowest BCUT2D eigenvalue weighted by Gasteiger charge is -2.35. The summed E-state index contributed by atoms with van der Waals surface area (Å²) in [5.74, 6) is -0.130. The second kappa shape index (κ2) is 5.99. The first-order valence-corrected chi connectivity index (χ1v) is 7.43. The summed E-state index contributed by atoms with van der Waals surface area (Å²) in [6.07, 6.45) is -3.48. The topological polar surface area (TPSA) is 29.0 Å². The van der Waals surface area contributed by atoms with Crippen LogP contribution in [-0.4, -0.2) is 29.2 Å². The second-order valence-electron chi connectivity index (χ2n) is 5.80. The highest BCUT2D eigenvalue weighted by Crippen LogP contribution is 2.36. The monoisotopic (exact) mass is 321 g/mol. The molecular formula is C14H19ClF3N3. The van der Waals surface area contributed by atoms with E-state index in [0.717, 1.165) is 0 Å². The van der Waals surface area contributed by atoms with E-state index in [-0.39, 0.29) is 18.9 Å². The van der Waals surface area contributed by atoms with Crippen LogP contribution >= 0.6 is 11.6 Å². The maximum Gasteiger partial charge on any atom is 0.393 e. The Morgan fingerprint density at radius 3 is 2.52 bits per heavy atom. The highest BCUT2D eigenvalue weighted by Gasteiger charge is 2.42. The van der Waals surface area contributed by atoms with Gasteiger partial charge in [-0.1, -0.05) is 25.4 Å². The van der Waals surface area contributed by atoms with Gasteiger partial charge in [0.25, 0.3) is 0 Å². The van der Waals surface area contributed by atoms with Crippen LogP contribution in [0.1, 0.15) is 44.0 Å². The average Bonchev–Trinajstić information content (AvgIpc) is 2.40. The molecule has 0 saturated carbocycles. The Hall–Kier alpha value is -1.04. The highest BCUT2D eigenvalue weighted by molar-refractivity contribution is 6.30. The second-order valence-corrected chi connectivity index (χ2v) is 6.16. The Balaban J connectivity index is 2.32. The van der Waals surface area contributed by atoms with Crippen molar-refractivity contribution in [3.63, 3.8) is 0 Å². The van der Waals surface area contributed by atoms with Gasteiger partial charge in [0.05, 0.1) is 5.92 Å². The number of halogens is 4. The van der Waals surface area contributed by atoms with E-state index in [9.17, 15) is 13.2 Å². The molecule has 1 aliphatic rings. The third-order valence-electron chi connectivity index (χ3n) is 3.78. The summed E-state index contributed by atoms with van der Waals surface area (Å²) in [6, 6.07) is 0. The van der Waals surface area contributed by atoms with E-state index in [2.05, 4.69) is 9.97 Å². The van der Waals surface area contributed by atoms with Crippen molar-refractivity contribution in [1.29, 1.82) is 0 Å². The molecule has 118 valence electrons. The van der Waals surface area contributed by atoms with Crippen molar-refractivity contribution in [3.8, 4) is 0 Å². The van der Waals surface area contributed by atoms with Gasteiger partial charge >= 0.3 is 6.18 Å². The van der Waals surface area contributed by atoms with E-state index in [1.54, 1.807) is 11.8 Å². The number of rotatable bonds is 2. The number of nitrogens with zero attached hydrogens (tertiary/aromatic N) is 3. The van der Waals surface area contributed by atoms with E-state index in [0.29, 0.717) is 35.3 Å². The number of hydrogen-bond acceptors (Lipinski definition) is 3. The standard InChI is InChI=1S/C14H19ClF3N3/c1-8(2)12-19-11(15)9(3)13(20-12)21-6-4-5-10(7-21)14(16,17)18/h8,10H,4-7H2,1-3H3. The molecule has 3 nitrogen and oxygen atoms in total. The van der Waals surface area contributed by atoms with Crippen LogP contribution in [0.2, 0.25) is 5.15 Å². The molecule has 21 heavy (non-hydrogen) atoms. The maximum absolute atomic E-state index is 12.9. The van der Waals surface area contributed by atoms with Crippen molar-refractivity contribution in [2.75, 3.05) is 18.0 Å². The van der Waals surface area contributed by atoms with Crippen LogP contribution in [-0.2, 0) is 0 Å². The summed E-state index contributed by atoms with van der Waals surface area (Å²) in [5, 5.41) is 0.317. The molecule has 0 bridgehead atoms. The molecule has 2 heterocycles. The first-order valence-electron chi connectivity index (χ1n) is 7.05. The molecule has 1 unspecified atom stereocenters. The molecular weight excluding hydrogens is 303 g/mol. The molecule has 0 N–H and O–H groups in total. The van der Waals surface area contributed by atoms with Gasteiger partial charge in [0.2, 0.25) is 0 Å². The van der Waals surface area contributed by atoms with E-state index < -0.39 is 12.1 Å². The summed E-state index contributed by atoms with van der Waals surface area (Å²) in [4.78, 5) is 10.3. The number of hydrogen-bond donors (Lipinski definition) is 0. The molecule has 1 aliphatic heterocycles. The average molecular weight is 322 g/mol. The molecule has 7 heteroatoms. The quantitative estimate of drug-likeness (QED) is 0.759.